The predicted molar refractivity (Wildman–Crippen MR) is 48.6 cm³/mol. The average molecular weight is 182 g/mol. The van der Waals surface area contributed by atoms with E-state index in [1.54, 1.807) is 18.0 Å². The minimum Gasteiger partial charge on any atom is -0.315 e. The first-order chi connectivity index (χ1) is 5.68. The molecule has 1 aliphatic rings. The van der Waals surface area contributed by atoms with E-state index in [2.05, 4.69) is 0 Å². The zero-order valence-electron chi connectivity index (χ0n) is 6.67. The summed E-state index contributed by atoms with van der Waals surface area (Å²) in [6, 6.07) is 5.52. The Morgan fingerprint density at radius 3 is 3.00 bits per heavy atom. The van der Waals surface area contributed by atoms with Crippen LogP contribution >= 0.6 is 11.6 Å². The lowest BCUT2D eigenvalue weighted by Crippen LogP contribution is -2.20. The van der Waals surface area contributed by atoms with E-state index in [1.165, 1.54) is 0 Å². The number of nitrogens with zero attached hydrogens (tertiary/aromatic N) is 1. The molecule has 1 aromatic carbocycles. The molecule has 0 bridgehead atoms. The normalized spacial score (nSPS) is 15.2. The third kappa shape index (κ3) is 0.994. The Morgan fingerprint density at radius 1 is 1.50 bits per heavy atom. The van der Waals surface area contributed by atoms with E-state index in [4.69, 9.17) is 11.6 Å². The lowest BCUT2D eigenvalue weighted by molar-refractivity contribution is -0.117. The summed E-state index contributed by atoms with van der Waals surface area (Å²) in [7, 11) is 1.78. The molecule has 2 rings (SSSR count). The highest BCUT2D eigenvalue weighted by molar-refractivity contribution is 6.30. The molecule has 0 saturated heterocycles. The van der Waals surface area contributed by atoms with Crippen molar-refractivity contribution in [3.8, 4) is 0 Å². The van der Waals surface area contributed by atoms with Gasteiger partial charge in [0.15, 0.2) is 0 Å². The van der Waals surface area contributed by atoms with Gasteiger partial charge in [-0.25, -0.2) is 0 Å². The van der Waals surface area contributed by atoms with Gasteiger partial charge in [-0.1, -0.05) is 11.6 Å². The quantitative estimate of drug-likeness (QED) is 0.598. The number of amides is 1. The second-order valence-electron chi connectivity index (χ2n) is 2.90. The minimum atomic E-state index is 0.132. The predicted octanol–water partition coefficient (Wildman–Crippen LogP) is 1.86. The van der Waals surface area contributed by atoms with Gasteiger partial charge in [0.2, 0.25) is 5.91 Å². The first-order valence-electron chi connectivity index (χ1n) is 3.73. The van der Waals surface area contributed by atoms with Crippen LogP contribution in [-0.2, 0) is 11.2 Å². The molecule has 62 valence electrons. The number of hydrogen-bond acceptors (Lipinski definition) is 1. The van der Waals surface area contributed by atoms with Crippen LogP contribution in [0.1, 0.15) is 5.56 Å². The number of likely N-dealkylation sites (N-methyl/N-ethyl adjacent to an activating group) is 1. The van der Waals surface area contributed by atoms with Crippen molar-refractivity contribution in [1.82, 2.24) is 0 Å². The molecule has 0 aromatic heterocycles. The fourth-order valence-electron chi connectivity index (χ4n) is 1.44. The maximum atomic E-state index is 11.2. The van der Waals surface area contributed by atoms with Crippen LogP contribution in [0, 0.1) is 0 Å². The van der Waals surface area contributed by atoms with Crippen LogP contribution in [0.2, 0.25) is 5.02 Å². The number of carbonyl (C=O) groups excluding carboxylic acids is 1. The average Bonchev–Trinajstić information content (AvgIpc) is 2.28. The van der Waals surface area contributed by atoms with E-state index in [9.17, 15) is 4.79 Å². The highest BCUT2D eigenvalue weighted by Gasteiger charge is 2.23. The molecule has 1 aliphatic heterocycles. The molecule has 0 spiro atoms. The lowest BCUT2D eigenvalue weighted by Gasteiger charge is -2.08. The van der Waals surface area contributed by atoms with E-state index in [-0.39, 0.29) is 5.91 Å². The Labute approximate surface area is 75.7 Å². The van der Waals surface area contributed by atoms with Crippen molar-refractivity contribution in [3.05, 3.63) is 28.8 Å². The summed E-state index contributed by atoms with van der Waals surface area (Å²) in [4.78, 5) is 12.9. The van der Waals surface area contributed by atoms with Gasteiger partial charge in [-0.05, 0) is 23.8 Å². The lowest BCUT2D eigenvalue weighted by atomic mass is 10.2. The third-order valence-electron chi connectivity index (χ3n) is 2.12. The first-order valence-corrected chi connectivity index (χ1v) is 4.11. The van der Waals surface area contributed by atoms with Crippen molar-refractivity contribution in [2.45, 2.75) is 6.42 Å². The van der Waals surface area contributed by atoms with Crippen molar-refractivity contribution in [2.75, 3.05) is 11.9 Å². The maximum absolute atomic E-state index is 11.2. The zero-order chi connectivity index (χ0) is 8.72. The largest absolute Gasteiger partial charge is 0.315 e. The molecule has 0 N–H and O–H groups in total. The number of hydrogen-bond donors (Lipinski definition) is 0. The number of anilines is 1. The molecule has 1 heterocycles. The highest BCUT2D eigenvalue weighted by Crippen LogP contribution is 2.29. The molecule has 0 fully saturated rings. The molecule has 1 aromatic rings. The second kappa shape index (κ2) is 2.49. The van der Waals surface area contributed by atoms with Crippen molar-refractivity contribution in [1.29, 1.82) is 0 Å². The zero-order valence-corrected chi connectivity index (χ0v) is 7.43. The van der Waals surface area contributed by atoms with Gasteiger partial charge in [0.05, 0.1) is 6.42 Å². The third-order valence-corrected chi connectivity index (χ3v) is 2.35. The summed E-state index contributed by atoms with van der Waals surface area (Å²) >= 11 is 5.79. The van der Waals surface area contributed by atoms with Crippen molar-refractivity contribution in [3.63, 3.8) is 0 Å². The molecule has 12 heavy (non-hydrogen) atoms. The number of benzene rings is 1. The Bertz CT molecular complexity index is 348. The summed E-state index contributed by atoms with van der Waals surface area (Å²) in [6.45, 7) is 0. The van der Waals surface area contributed by atoms with Gasteiger partial charge in [-0.15, -0.1) is 0 Å². The van der Waals surface area contributed by atoms with Crippen molar-refractivity contribution >= 4 is 23.2 Å². The van der Waals surface area contributed by atoms with Crippen LogP contribution in [-0.4, -0.2) is 13.0 Å². The molecule has 3 heteroatoms. The number of fused-ring (bicyclic) bond motifs is 1. The van der Waals surface area contributed by atoms with Crippen LogP contribution in [0.5, 0.6) is 0 Å². The van der Waals surface area contributed by atoms with Crippen molar-refractivity contribution < 1.29 is 4.79 Å². The maximum Gasteiger partial charge on any atom is 0.231 e. The van der Waals surface area contributed by atoms with Gasteiger partial charge < -0.3 is 4.90 Å². The second-order valence-corrected chi connectivity index (χ2v) is 3.34. The highest BCUT2D eigenvalue weighted by atomic mass is 35.5. The minimum absolute atomic E-state index is 0.132. The monoisotopic (exact) mass is 181 g/mol. The molecular weight excluding hydrogens is 174 g/mol. The molecule has 0 radical (unpaired) electrons. The standard InChI is InChI=1S/C9H8ClNO/c1-11-8-3-2-7(10)4-6(8)5-9(11)12/h2-4H,5H2,1H3. The number of rotatable bonds is 0. The molecule has 0 saturated carbocycles. The van der Waals surface area contributed by atoms with Crippen LogP contribution in [0.15, 0.2) is 18.2 Å². The van der Waals surface area contributed by atoms with Crippen LogP contribution in [0.3, 0.4) is 0 Å². The van der Waals surface area contributed by atoms with Gasteiger partial charge in [-0.2, -0.15) is 0 Å². The summed E-state index contributed by atoms with van der Waals surface area (Å²) in [6.07, 6.45) is 0.479. The summed E-state index contributed by atoms with van der Waals surface area (Å²) in [5.74, 6) is 0.132. The van der Waals surface area contributed by atoms with E-state index >= 15 is 0 Å². The molecular formula is C9H8ClNO. The number of halogens is 1. The van der Waals surface area contributed by atoms with E-state index in [0.717, 1.165) is 11.3 Å². The molecule has 0 atom stereocenters. The van der Waals surface area contributed by atoms with Crippen molar-refractivity contribution in [2.24, 2.45) is 0 Å². The molecule has 0 aliphatic carbocycles. The topological polar surface area (TPSA) is 20.3 Å². The van der Waals surface area contributed by atoms with Crippen LogP contribution in [0.25, 0.3) is 0 Å². The fourth-order valence-corrected chi connectivity index (χ4v) is 1.63. The van der Waals surface area contributed by atoms with E-state index in [1.807, 2.05) is 12.1 Å². The Hall–Kier alpha value is -1.02. The van der Waals surface area contributed by atoms with Gasteiger partial charge in [0.25, 0.3) is 0 Å². The SMILES string of the molecule is CN1C(=O)Cc2cc(Cl)ccc21. The van der Waals surface area contributed by atoms with E-state index in [0.29, 0.717) is 11.4 Å². The fraction of sp³-hybridized carbons (Fsp3) is 0.222. The summed E-state index contributed by atoms with van der Waals surface area (Å²) < 4.78 is 0. The number of carbonyl (C=O) groups is 1. The Morgan fingerprint density at radius 2 is 2.25 bits per heavy atom. The van der Waals surface area contributed by atoms with Gasteiger partial charge in [0.1, 0.15) is 0 Å². The van der Waals surface area contributed by atoms with Crippen LogP contribution < -0.4 is 4.90 Å². The van der Waals surface area contributed by atoms with Crippen LogP contribution in [0.4, 0.5) is 5.69 Å². The van der Waals surface area contributed by atoms with Gasteiger partial charge in [0, 0.05) is 17.8 Å². The summed E-state index contributed by atoms with van der Waals surface area (Å²) in [5.41, 5.74) is 2.00. The Balaban J connectivity index is 2.54. The van der Waals surface area contributed by atoms with Gasteiger partial charge in [-0.3, -0.25) is 4.79 Å². The molecule has 2 nitrogen and oxygen atoms in total. The molecule has 1 amide bonds. The molecule has 0 unspecified atom stereocenters. The van der Waals surface area contributed by atoms with E-state index < -0.39 is 0 Å². The smallest absolute Gasteiger partial charge is 0.231 e. The summed E-state index contributed by atoms with van der Waals surface area (Å²) in [5, 5.41) is 0.692. The first kappa shape index (κ1) is 7.62. The van der Waals surface area contributed by atoms with Gasteiger partial charge >= 0.3 is 0 Å². The Kier molecular flexibility index (Phi) is 1.58.